The average Bonchev–Trinajstić information content (AvgIpc) is 2.82. The lowest BCUT2D eigenvalue weighted by Crippen LogP contribution is -2.29. The van der Waals surface area contributed by atoms with Gasteiger partial charge in [0.1, 0.15) is 18.8 Å². The Balaban J connectivity index is 1.71. The van der Waals surface area contributed by atoms with Crippen molar-refractivity contribution in [1.29, 1.82) is 5.26 Å². The number of benzene rings is 2. The summed E-state index contributed by atoms with van der Waals surface area (Å²) in [5, 5.41) is 17.6. The second-order valence-corrected chi connectivity index (χ2v) is 14.8. The minimum Gasteiger partial charge on any atom is -0.379 e. The molecule has 0 unspecified atom stereocenters. The van der Waals surface area contributed by atoms with Crippen molar-refractivity contribution in [2.75, 3.05) is 43.8 Å². The van der Waals surface area contributed by atoms with Gasteiger partial charge in [0.15, 0.2) is 15.7 Å². The van der Waals surface area contributed by atoms with E-state index in [1.165, 1.54) is 18.4 Å². The fourth-order valence-electron chi connectivity index (χ4n) is 4.20. The molecule has 0 saturated heterocycles. The minimum atomic E-state index is -3.30. The first kappa shape index (κ1) is 25.9. The molecule has 2 heterocycles. The summed E-state index contributed by atoms with van der Waals surface area (Å²) in [6, 6.07) is 16.4. The van der Waals surface area contributed by atoms with Gasteiger partial charge in [-0.1, -0.05) is 18.2 Å². The van der Waals surface area contributed by atoms with Crippen molar-refractivity contribution in [3.05, 3.63) is 70.9 Å². The maximum atomic E-state index is 12.5. The van der Waals surface area contributed by atoms with Crippen LogP contribution in [0.2, 0.25) is 0 Å². The highest BCUT2D eigenvalue weighted by molar-refractivity contribution is 7.90. The summed E-state index contributed by atoms with van der Waals surface area (Å²) in [5.41, 5.74) is 4.65. The van der Waals surface area contributed by atoms with Crippen LogP contribution in [0.15, 0.2) is 53.4 Å². The molecular weight excluding hydrogens is 493 g/mol. The van der Waals surface area contributed by atoms with E-state index < -0.39 is 17.0 Å². The second kappa shape index (κ2) is 10.1. The van der Waals surface area contributed by atoms with E-state index >= 15 is 0 Å². The number of likely N-dealkylation sites (N-methyl/N-ethyl adjacent to an activating group) is 1. The third-order valence-electron chi connectivity index (χ3n) is 6.20. The lowest BCUT2D eigenvalue weighted by molar-refractivity contribution is 0.310. The maximum absolute atomic E-state index is 12.5. The molecular formula is C26H30N5O3PS. The van der Waals surface area contributed by atoms with Crippen molar-refractivity contribution in [2.45, 2.75) is 24.4 Å². The second-order valence-electron chi connectivity index (χ2n) is 9.53. The van der Waals surface area contributed by atoms with Crippen LogP contribution in [-0.2, 0) is 33.9 Å². The first-order valence-electron chi connectivity index (χ1n) is 11.6. The molecule has 0 aliphatic carbocycles. The van der Waals surface area contributed by atoms with Crippen molar-refractivity contribution in [1.82, 2.24) is 9.88 Å². The fraction of sp³-hybridized carbons (Fsp3) is 0.308. The number of fused-ring (bicyclic) bond motifs is 1. The molecule has 1 aromatic heterocycles. The highest BCUT2D eigenvalue weighted by Gasteiger charge is 2.24. The first-order valence-corrected chi connectivity index (χ1v) is 16.0. The molecule has 36 heavy (non-hydrogen) atoms. The zero-order valence-electron chi connectivity index (χ0n) is 20.9. The number of nitrogens with zero attached hydrogens (tertiary/aromatic N) is 3. The summed E-state index contributed by atoms with van der Waals surface area (Å²) < 4.78 is 36.1. The van der Waals surface area contributed by atoms with E-state index in [0.717, 1.165) is 40.8 Å². The molecule has 0 amide bonds. The molecule has 8 nitrogen and oxygen atoms in total. The van der Waals surface area contributed by atoms with Crippen LogP contribution in [-0.4, -0.2) is 51.5 Å². The summed E-state index contributed by atoms with van der Waals surface area (Å²) >= 11 is 0. The molecule has 0 bridgehead atoms. The van der Waals surface area contributed by atoms with Crippen LogP contribution in [0.1, 0.15) is 22.4 Å². The van der Waals surface area contributed by atoms with Gasteiger partial charge in [-0.05, 0) is 56.3 Å². The van der Waals surface area contributed by atoms with Crippen molar-refractivity contribution in [3.8, 4) is 6.07 Å². The van der Waals surface area contributed by atoms with Crippen LogP contribution in [0, 0.1) is 11.3 Å². The number of pyridine rings is 1. The molecule has 1 aliphatic heterocycles. The van der Waals surface area contributed by atoms with Gasteiger partial charge in [-0.25, -0.2) is 13.4 Å². The highest BCUT2D eigenvalue weighted by atomic mass is 32.2. The van der Waals surface area contributed by atoms with Gasteiger partial charge in [-0.3, -0.25) is 0 Å². The van der Waals surface area contributed by atoms with Crippen LogP contribution in [0.4, 0.5) is 17.2 Å². The van der Waals surface area contributed by atoms with E-state index in [-0.39, 0.29) is 4.90 Å². The zero-order valence-corrected chi connectivity index (χ0v) is 22.6. The monoisotopic (exact) mass is 523 g/mol. The molecule has 3 aromatic rings. The molecule has 1 aliphatic rings. The smallest absolute Gasteiger partial charge is 0.175 e. The lowest BCUT2D eigenvalue weighted by Gasteiger charge is -2.28. The molecule has 0 fully saturated rings. The van der Waals surface area contributed by atoms with Crippen molar-refractivity contribution in [2.24, 2.45) is 0 Å². The fourth-order valence-corrected chi connectivity index (χ4v) is 5.76. The predicted octanol–water partition coefficient (Wildman–Crippen LogP) is 3.95. The maximum Gasteiger partial charge on any atom is 0.175 e. The van der Waals surface area contributed by atoms with Crippen LogP contribution in [0.25, 0.3) is 0 Å². The van der Waals surface area contributed by atoms with Gasteiger partial charge in [-0.2, -0.15) is 5.26 Å². The van der Waals surface area contributed by atoms with Gasteiger partial charge in [-0.15, -0.1) is 0 Å². The SMILES string of the molecule is CN1CCc2nc(Nc3ccc(S(C)(=O)=O)cc3)c(C#N)c(NCc3cccc(P(C)(C)=O)c3)c2C1. The number of nitriles is 1. The zero-order chi connectivity index (χ0) is 26.1. The Bertz CT molecular complexity index is 1490. The molecule has 0 radical (unpaired) electrons. The van der Waals surface area contributed by atoms with Gasteiger partial charge in [0.2, 0.25) is 0 Å². The molecule has 10 heteroatoms. The van der Waals surface area contributed by atoms with Gasteiger partial charge in [0, 0.05) is 48.9 Å². The number of hydrogen-bond donors (Lipinski definition) is 2. The van der Waals surface area contributed by atoms with Gasteiger partial charge < -0.3 is 20.1 Å². The molecule has 0 atom stereocenters. The van der Waals surface area contributed by atoms with E-state index in [0.29, 0.717) is 30.2 Å². The number of rotatable bonds is 7. The number of aromatic nitrogens is 1. The van der Waals surface area contributed by atoms with E-state index in [1.807, 2.05) is 31.3 Å². The Labute approximate surface area is 212 Å². The van der Waals surface area contributed by atoms with Gasteiger partial charge >= 0.3 is 0 Å². The Morgan fingerprint density at radius 3 is 2.53 bits per heavy atom. The van der Waals surface area contributed by atoms with Crippen molar-refractivity contribution >= 4 is 39.5 Å². The average molecular weight is 524 g/mol. The summed E-state index contributed by atoms with van der Waals surface area (Å²) in [7, 11) is -3.65. The standard InChI is InChI=1S/C26H30N5O3PS/c1-31-13-12-24-23(17-31)25(28-16-18-6-5-7-20(14-18)35(2,3)32)22(15-27)26(30-24)29-19-8-10-21(11-9-19)36(4,33)34/h5-11,14H,12-13,16-17H2,1-4H3,(H2,28,29,30). The Morgan fingerprint density at radius 2 is 1.89 bits per heavy atom. The van der Waals surface area contributed by atoms with Gasteiger partial charge in [0.05, 0.1) is 16.3 Å². The normalized spacial score (nSPS) is 14.1. The number of anilines is 3. The molecule has 4 rings (SSSR count). The highest BCUT2D eigenvalue weighted by Crippen LogP contribution is 2.36. The predicted molar refractivity (Wildman–Crippen MR) is 145 cm³/mol. The van der Waals surface area contributed by atoms with E-state index in [1.54, 1.807) is 25.5 Å². The van der Waals surface area contributed by atoms with Crippen LogP contribution >= 0.6 is 7.14 Å². The molecule has 2 aromatic carbocycles. The Morgan fingerprint density at radius 1 is 1.17 bits per heavy atom. The molecule has 2 N–H and O–H groups in total. The largest absolute Gasteiger partial charge is 0.379 e. The van der Waals surface area contributed by atoms with E-state index in [4.69, 9.17) is 4.98 Å². The van der Waals surface area contributed by atoms with Crippen LogP contribution in [0.5, 0.6) is 0 Å². The summed E-state index contributed by atoms with van der Waals surface area (Å²) in [6.07, 6.45) is 1.91. The van der Waals surface area contributed by atoms with Crippen LogP contribution < -0.4 is 15.9 Å². The minimum absolute atomic E-state index is 0.225. The van der Waals surface area contributed by atoms with Gasteiger partial charge in [0.25, 0.3) is 0 Å². The lowest BCUT2D eigenvalue weighted by atomic mass is 10.00. The Hall–Kier alpha value is -3.18. The number of nitrogens with one attached hydrogen (secondary N) is 2. The molecule has 0 saturated carbocycles. The van der Waals surface area contributed by atoms with E-state index in [9.17, 15) is 18.2 Å². The third-order valence-corrected chi connectivity index (χ3v) is 8.85. The summed E-state index contributed by atoms with van der Waals surface area (Å²) in [5.74, 6) is 0.427. The first-order chi connectivity index (χ1) is 17.0. The third kappa shape index (κ3) is 5.79. The number of sulfone groups is 1. The van der Waals surface area contributed by atoms with Crippen LogP contribution in [0.3, 0.4) is 0 Å². The molecule has 0 spiro atoms. The van der Waals surface area contributed by atoms with E-state index in [2.05, 4.69) is 21.6 Å². The molecule has 188 valence electrons. The number of hydrogen-bond acceptors (Lipinski definition) is 8. The summed E-state index contributed by atoms with van der Waals surface area (Å²) in [4.78, 5) is 7.21. The van der Waals surface area contributed by atoms with Crippen molar-refractivity contribution in [3.63, 3.8) is 0 Å². The van der Waals surface area contributed by atoms with Crippen molar-refractivity contribution < 1.29 is 13.0 Å². The summed E-state index contributed by atoms with van der Waals surface area (Å²) in [6.45, 7) is 5.50. The topological polar surface area (TPSA) is 115 Å². The quantitative estimate of drug-likeness (QED) is 0.448. The Kier molecular flexibility index (Phi) is 7.24.